The second-order valence-corrected chi connectivity index (χ2v) is 3.85. The number of nitrogens with one attached hydrogen (secondary N) is 2. The number of halogens is 1. The highest BCUT2D eigenvalue weighted by Crippen LogP contribution is 2.14. The molecule has 1 aliphatic heterocycles. The zero-order chi connectivity index (χ0) is 12.3. The van der Waals surface area contributed by atoms with Gasteiger partial charge in [0.1, 0.15) is 12.0 Å². The number of aromatic nitrogens is 1. The molecular formula is C11H14FN3O2. The molecule has 0 aromatic carbocycles. The molecule has 2 unspecified atom stereocenters. The van der Waals surface area contributed by atoms with Crippen molar-refractivity contribution in [2.45, 2.75) is 18.6 Å². The summed E-state index contributed by atoms with van der Waals surface area (Å²) in [4.78, 5) is 15.8. The van der Waals surface area contributed by atoms with Crippen LogP contribution in [0.5, 0.6) is 5.88 Å². The van der Waals surface area contributed by atoms with Crippen molar-refractivity contribution in [3.63, 3.8) is 0 Å². The Morgan fingerprint density at radius 3 is 3.12 bits per heavy atom. The van der Waals surface area contributed by atoms with Crippen molar-refractivity contribution in [2.75, 3.05) is 19.0 Å². The second kappa shape index (κ2) is 5.09. The van der Waals surface area contributed by atoms with Gasteiger partial charge in [-0.3, -0.25) is 4.79 Å². The summed E-state index contributed by atoms with van der Waals surface area (Å²) >= 11 is 0. The summed E-state index contributed by atoms with van der Waals surface area (Å²) in [5, 5.41) is 5.43. The number of methoxy groups -OCH3 is 1. The standard InChI is InChI=1S/C11H14FN3O2/c1-17-10-4-2-3-9(14-10)15-11(16)8-5-7(12)6-13-8/h2-4,7-8,13H,5-6H2,1H3,(H,14,15,16). The SMILES string of the molecule is COc1cccc(NC(=O)C2CC(F)CN2)n1. The first-order valence-electron chi connectivity index (χ1n) is 5.38. The van der Waals surface area contributed by atoms with Crippen LogP contribution in [0.4, 0.5) is 10.2 Å². The first-order valence-corrected chi connectivity index (χ1v) is 5.38. The van der Waals surface area contributed by atoms with E-state index >= 15 is 0 Å². The van der Waals surface area contributed by atoms with E-state index in [1.807, 2.05) is 0 Å². The quantitative estimate of drug-likeness (QED) is 0.816. The Labute approximate surface area is 98.4 Å². The molecule has 0 bridgehead atoms. The summed E-state index contributed by atoms with van der Waals surface area (Å²) in [6, 6.07) is 4.57. The van der Waals surface area contributed by atoms with Crippen LogP contribution in [0, 0.1) is 0 Å². The summed E-state index contributed by atoms with van der Waals surface area (Å²) in [5.41, 5.74) is 0. The molecule has 2 rings (SSSR count). The molecule has 2 atom stereocenters. The minimum absolute atomic E-state index is 0.204. The minimum Gasteiger partial charge on any atom is -0.481 e. The van der Waals surface area contributed by atoms with E-state index in [4.69, 9.17) is 4.74 Å². The molecule has 0 spiro atoms. The van der Waals surface area contributed by atoms with Gasteiger partial charge in [0.25, 0.3) is 0 Å². The molecule has 5 nitrogen and oxygen atoms in total. The third-order valence-electron chi connectivity index (χ3n) is 2.58. The lowest BCUT2D eigenvalue weighted by atomic mass is 10.2. The molecule has 1 aromatic heterocycles. The summed E-state index contributed by atoms with van der Waals surface area (Å²) in [6.45, 7) is 0.226. The Hall–Kier alpha value is -1.69. The van der Waals surface area contributed by atoms with Crippen LogP contribution in [0.1, 0.15) is 6.42 Å². The molecule has 2 heterocycles. The average Bonchev–Trinajstić information content (AvgIpc) is 2.76. The summed E-state index contributed by atoms with van der Waals surface area (Å²) < 4.78 is 17.9. The number of hydrogen-bond acceptors (Lipinski definition) is 4. The second-order valence-electron chi connectivity index (χ2n) is 3.85. The third-order valence-corrected chi connectivity index (χ3v) is 2.58. The van der Waals surface area contributed by atoms with Crippen molar-refractivity contribution < 1.29 is 13.9 Å². The van der Waals surface area contributed by atoms with Crippen LogP contribution in [0.2, 0.25) is 0 Å². The highest BCUT2D eigenvalue weighted by molar-refractivity contribution is 5.94. The fraction of sp³-hybridized carbons (Fsp3) is 0.455. The normalized spacial score (nSPS) is 23.4. The van der Waals surface area contributed by atoms with E-state index in [2.05, 4.69) is 15.6 Å². The van der Waals surface area contributed by atoms with Crippen molar-refractivity contribution in [2.24, 2.45) is 0 Å². The van der Waals surface area contributed by atoms with Gasteiger partial charge < -0.3 is 15.4 Å². The number of carbonyl (C=O) groups excluding carboxylic acids is 1. The first-order chi connectivity index (χ1) is 8.19. The van der Waals surface area contributed by atoms with Gasteiger partial charge in [0.15, 0.2) is 0 Å². The number of hydrogen-bond donors (Lipinski definition) is 2. The molecule has 0 saturated carbocycles. The van der Waals surface area contributed by atoms with E-state index in [1.165, 1.54) is 7.11 Å². The van der Waals surface area contributed by atoms with E-state index in [1.54, 1.807) is 18.2 Å². The maximum absolute atomic E-state index is 12.9. The zero-order valence-corrected chi connectivity index (χ0v) is 9.44. The molecular weight excluding hydrogens is 225 g/mol. The number of ether oxygens (including phenoxy) is 1. The lowest BCUT2D eigenvalue weighted by Crippen LogP contribution is -2.35. The van der Waals surface area contributed by atoms with Crippen molar-refractivity contribution >= 4 is 11.7 Å². The number of amides is 1. The number of nitrogens with zero attached hydrogens (tertiary/aromatic N) is 1. The van der Waals surface area contributed by atoms with Crippen molar-refractivity contribution in [3.05, 3.63) is 18.2 Å². The van der Waals surface area contributed by atoms with Gasteiger partial charge in [0, 0.05) is 19.0 Å². The lowest BCUT2D eigenvalue weighted by Gasteiger charge is -2.10. The maximum Gasteiger partial charge on any atom is 0.242 e. The highest BCUT2D eigenvalue weighted by atomic mass is 19.1. The molecule has 1 aliphatic rings. The van der Waals surface area contributed by atoms with E-state index in [9.17, 15) is 9.18 Å². The Morgan fingerprint density at radius 2 is 2.47 bits per heavy atom. The fourth-order valence-electron chi connectivity index (χ4n) is 1.70. The largest absolute Gasteiger partial charge is 0.481 e. The molecule has 17 heavy (non-hydrogen) atoms. The molecule has 1 aromatic rings. The van der Waals surface area contributed by atoms with Crippen LogP contribution in [0.3, 0.4) is 0 Å². The Morgan fingerprint density at radius 1 is 1.65 bits per heavy atom. The molecule has 2 N–H and O–H groups in total. The van der Waals surface area contributed by atoms with E-state index in [0.717, 1.165) is 0 Å². The monoisotopic (exact) mass is 239 g/mol. The van der Waals surface area contributed by atoms with E-state index in [-0.39, 0.29) is 18.9 Å². The number of alkyl halides is 1. The van der Waals surface area contributed by atoms with Gasteiger partial charge in [0.2, 0.25) is 11.8 Å². The summed E-state index contributed by atoms with van der Waals surface area (Å²) in [5.74, 6) is 0.551. The lowest BCUT2D eigenvalue weighted by molar-refractivity contribution is -0.117. The zero-order valence-electron chi connectivity index (χ0n) is 9.44. The number of rotatable bonds is 3. The van der Waals surface area contributed by atoms with Crippen LogP contribution in [-0.4, -0.2) is 36.8 Å². The summed E-state index contributed by atoms with van der Waals surface area (Å²) in [7, 11) is 1.50. The van der Waals surface area contributed by atoms with Gasteiger partial charge in [-0.05, 0) is 6.07 Å². The van der Waals surface area contributed by atoms with Gasteiger partial charge in [-0.25, -0.2) is 4.39 Å². The predicted molar refractivity (Wildman–Crippen MR) is 60.7 cm³/mol. The van der Waals surface area contributed by atoms with Gasteiger partial charge in [-0.2, -0.15) is 4.98 Å². The molecule has 92 valence electrons. The van der Waals surface area contributed by atoms with Crippen LogP contribution in [0.25, 0.3) is 0 Å². The number of anilines is 1. The van der Waals surface area contributed by atoms with Crippen LogP contribution < -0.4 is 15.4 Å². The number of carbonyl (C=O) groups is 1. The third kappa shape index (κ3) is 2.91. The topological polar surface area (TPSA) is 63.2 Å². The van der Waals surface area contributed by atoms with Gasteiger partial charge in [0.05, 0.1) is 13.2 Å². The smallest absolute Gasteiger partial charge is 0.242 e. The van der Waals surface area contributed by atoms with E-state index < -0.39 is 12.2 Å². The van der Waals surface area contributed by atoms with Crippen LogP contribution in [-0.2, 0) is 4.79 Å². The molecule has 1 saturated heterocycles. The highest BCUT2D eigenvalue weighted by Gasteiger charge is 2.29. The van der Waals surface area contributed by atoms with Crippen LogP contribution in [0.15, 0.2) is 18.2 Å². The Balaban J connectivity index is 1.98. The molecule has 0 radical (unpaired) electrons. The molecule has 1 fully saturated rings. The maximum atomic E-state index is 12.9. The first kappa shape index (κ1) is 11.8. The van der Waals surface area contributed by atoms with Crippen molar-refractivity contribution in [1.82, 2.24) is 10.3 Å². The van der Waals surface area contributed by atoms with Crippen molar-refractivity contribution in [3.8, 4) is 5.88 Å². The van der Waals surface area contributed by atoms with Crippen molar-refractivity contribution in [1.29, 1.82) is 0 Å². The number of pyridine rings is 1. The van der Waals surface area contributed by atoms with Gasteiger partial charge in [-0.15, -0.1) is 0 Å². The van der Waals surface area contributed by atoms with Gasteiger partial charge >= 0.3 is 0 Å². The Kier molecular flexibility index (Phi) is 3.53. The minimum atomic E-state index is -0.955. The Bertz CT molecular complexity index is 413. The van der Waals surface area contributed by atoms with E-state index in [0.29, 0.717) is 11.7 Å². The molecule has 0 aliphatic carbocycles. The summed E-state index contributed by atoms with van der Waals surface area (Å²) in [6.07, 6.45) is -0.750. The van der Waals surface area contributed by atoms with Gasteiger partial charge in [-0.1, -0.05) is 6.07 Å². The predicted octanol–water partition coefficient (Wildman–Crippen LogP) is 0.729. The molecule has 6 heteroatoms. The fourth-order valence-corrected chi connectivity index (χ4v) is 1.70. The molecule has 1 amide bonds. The average molecular weight is 239 g/mol. The van der Waals surface area contributed by atoms with Crippen LogP contribution >= 0.6 is 0 Å².